The summed E-state index contributed by atoms with van der Waals surface area (Å²) in [5, 5.41) is 0. The molecule has 1 unspecified atom stereocenters. The van der Waals surface area contributed by atoms with Gasteiger partial charge in [0, 0.05) is 0 Å². The number of esters is 1. The number of ether oxygens (including phenoxy) is 1. The molecule has 1 atom stereocenters. The van der Waals surface area contributed by atoms with Crippen LogP contribution in [-0.4, -0.2) is 22.6 Å². The number of aromatic nitrogens is 2. The van der Waals surface area contributed by atoms with Gasteiger partial charge in [-0.1, -0.05) is 19.9 Å². The molecule has 102 valence electrons. The molecule has 1 N–H and O–H groups in total. The van der Waals surface area contributed by atoms with Crippen LogP contribution in [0.1, 0.15) is 25.5 Å². The van der Waals surface area contributed by atoms with Crippen LogP contribution in [0.15, 0.2) is 18.2 Å². The van der Waals surface area contributed by atoms with Crippen molar-refractivity contribution in [3.05, 3.63) is 28.5 Å². The summed E-state index contributed by atoms with van der Waals surface area (Å²) in [5.74, 6) is -0.174. The first-order valence-electron chi connectivity index (χ1n) is 6.24. The highest BCUT2D eigenvalue weighted by atomic mass is 32.1. The lowest BCUT2D eigenvalue weighted by Gasteiger charge is -2.20. The Bertz CT molecular complexity index is 670. The number of imidazole rings is 1. The van der Waals surface area contributed by atoms with Crippen molar-refractivity contribution in [2.45, 2.75) is 26.8 Å². The lowest BCUT2D eigenvalue weighted by molar-refractivity contribution is -0.145. The summed E-state index contributed by atoms with van der Waals surface area (Å²) in [6, 6.07) is 5.61. The highest BCUT2D eigenvalue weighted by Crippen LogP contribution is 2.26. The summed E-state index contributed by atoms with van der Waals surface area (Å²) in [6.45, 7) is 5.98. The van der Waals surface area contributed by atoms with Crippen molar-refractivity contribution < 1.29 is 9.53 Å². The number of hydrogen-bond acceptors (Lipinski definition) is 3. The summed E-state index contributed by atoms with van der Waals surface area (Å²) >= 11 is 5.36. The van der Waals surface area contributed by atoms with Gasteiger partial charge in [0.2, 0.25) is 0 Å². The number of nitrogens with zero attached hydrogens (tertiary/aromatic N) is 1. The van der Waals surface area contributed by atoms with Crippen molar-refractivity contribution >= 4 is 29.2 Å². The van der Waals surface area contributed by atoms with Crippen LogP contribution in [0.4, 0.5) is 0 Å². The van der Waals surface area contributed by atoms with E-state index in [1.54, 1.807) is 0 Å². The molecule has 1 heterocycles. The van der Waals surface area contributed by atoms with Gasteiger partial charge in [0.25, 0.3) is 0 Å². The average molecular weight is 278 g/mol. The third kappa shape index (κ3) is 2.42. The largest absolute Gasteiger partial charge is 0.467 e. The highest BCUT2D eigenvalue weighted by Gasteiger charge is 2.27. The molecule has 4 nitrogen and oxygen atoms in total. The van der Waals surface area contributed by atoms with E-state index in [4.69, 9.17) is 17.0 Å². The molecule has 19 heavy (non-hydrogen) atoms. The minimum Gasteiger partial charge on any atom is -0.467 e. The summed E-state index contributed by atoms with van der Waals surface area (Å²) in [6.07, 6.45) is 0. The van der Waals surface area contributed by atoms with Crippen molar-refractivity contribution in [2.24, 2.45) is 5.92 Å². The van der Waals surface area contributed by atoms with Crippen LogP contribution in [0.2, 0.25) is 0 Å². The van der Waals surface area contributed by atoms with E-state index in [0.29, 0.717) is 4.77 Å². The fourth-order valence-electron chi connectivity index (χ4n) is 2.30. The SMILES string of the molecule is COC(=O)C(C(C)C)n1c(=S)[nH]c2ccc(C)cc21. The summed E-state index contributed by atoms with van der Waals surface area (Å²) in [5.41, 5.74) is 3.00. The van der Waals surface area contributed by atoms with E-state index < -0.39 is 6.04 Å². The van der Waals surface area contributed by atoms with Gasteiger partial charge in [0.15, 0.2) is 4.77 Å². The molecule has 2 rings (SSSR count). The predicted molar refractivity (Wildman–Crippen MR) is 77.8 cm³/mol. The predicted octanol–water partition coefficient (Wildman–Crippen LogP) is 3.38. The first kappa shape index (κ1) is 13.8. The van der Waals surface area contributed by atoms with Crippen molar-refractivity contribution in [2.75, 3.05) is 7.11 Å². The number of hydrogen-bond donors (Lipinski definition) is 1. The molecule has 0 saturated heterocycles. The summed E-state index contributed by atoms with van der Waals surface area (Å²) in [7, 11) is 1.40. The van der Waals surface area contributed by atoms with Crippen LogP contribution < -0.4 is 0 Å². The maximum absolute atomic E-state index is 12.0. The number of rotatable bonds is 3. The molecule has 0 spiro atoms. The maximum Gasteiger partial charge on any atom is 0.329 e. The van der Waals surface area contributed by atoms with E-state index in [1.165, 1.54) is 7.11 Å². The fraction of sp³-hybridized carbons (Fsp3) is 0.429. The highest BCUT2D eigenvalue weighted by molar-refractivity contribution is 7.71. The third-order valence-electron chi connectivity index (χ3n) is 3.23. The van der Waals surface area contributed by atoms with Gasteiger partial charge < -0.3 is 14.3 Å². The molecule has 0 fully saturated rings. The fourth-order valence-corrected chi connectivity index (χ4v) is 2.63. The second-order valence-electron chi connectivity index (χ2n) is 5.03. The Morgan fingerprint density at radius 3 is 2.68 bits per heavy atom. The zero-order valence-corrected chi connectivity index (χ0v) is 12.4. The van der Waals surface area contributed by atoms with Gasteiger partial charge in [0.1, 0.15) is 6.04 Å². The average Bonchev–Trinajstić information content (AvgIpc) is 2.66. The van der Waals surface area contributed by atoms with Gasteiger partial charge in [-0.15, -0.1) is 0 Å². The lowest BCUT2D eigenvalue weighted by Crippen LogP contribution is -2.25. The molecule has 1 aromatic heterocycles. The minimum atomic E-state index is -0.409. The van der Waals surface area contributed by atoms with Crippen molar-refractivity contribution in [3.63, 3.8) is 0 Å². The molecule has 0 radical (unpaired) electrons. The summed E-state index contributed by atoms with van der Waals surface area (Å²) in [4.78, 5) is 15.2. The Kier molecular flexibility index (Phi) is 3.75. The van der Waals surface area contributed by atoms with E-state index >= 15 is 0 Å². The molecule has 0 amide bonds. The Hall–Kier alpha value is -1.62. The Labute approximate surface area is 117 Å². The van der Waals surface area contributed by atoms with Gasteiger partial charge in [0.05, 0.1) is 18.1 Å². The topological polar surface area (TPSA) is 47.0 Å². The normalized spacial score (nSPS) is 12.9. The molecule has 5 heteroatoms. The zero-order valence-electron chi connectivity index (χ0n) is 11.6. The Morgan fingerprint density at radius 2 is 2.11 bits per heavy atom. The second-order valence-corrected chi connectivity index (χ2v) is 5.42. The van der Waals surface area contributed by atoms with Crippen LogP contribution in [0.5, 0.6) is 0 Å². The van der Waals surface area contributed by atoms with E-state index in [2.05, 4.69) is 4.98 Å². The van der Waals surface area contributed by atoms with Gasteiger partial charge >= 0.3 is 5.97 Å². The molecule has 2 aromatic rings. The minimum absolute atomic E-state index is 0.0960. The summed E-state index contributed by atoms with van der Waals surface area (Å²) < 4.78 is 7.31. The molecular weight excluding hydrogens is 260 g/mol. The van der Waals surface area contributed by atoms with Crippen LogP contribution in [-0.2, 0) is 9.53 Å². The maximum atomic E-state index is 12.0. The zero-order chi connectivity index (χ0) is 14.2. The number of benzene rings is 1. The molecular formula is C14H18N2O2S. The lowest BCUT2D eigenvalue weighted by atomic mass is 10.0. The van der Waals surface area contributed by atoms with Gasteiger partial charge in [-0.05, 0) is 42.8 Å². The number of carbonyl (C=O) groups excluding carboxylic acids is 1. The van der Waals surface area contributed by atoms with Gasteiger partial charge in [-0.3, -0.25) is 0 Å². The number of H-pyrrole nitrogens is 1. The van der Waals surface area contributed by atoms with Crippen molar-refractivity contribution in [1.82, 2.24) is 9.55 Å². The Balaban J connectivity index is 2.72. The monoisotopic (exact) mass is 278 g/mol. The smallest absolute Gasteiger partial charge is 0.329 e. The first-order chi connectivity index (χ1) is 8.95. The first-order valence-corrected chi connectivity index (χ1v) is 6.65. The number of aromatic amines is 1. The van der Waals surface area contributed by atoms with E-state index in [0.717, 1.165) is 16.6 Å². The number of fused-ring (bicyclic) bond motifs is 1. The van der Waals surface area contributed by atoms with Crippen LogP contribution in [0.25, 0.3) is 11.0 Å². The van der Waals surface area contributed by atoms with Gasteiger partial charge in [-0.25, -0.2) is 4.79 Å². The van der Waals surface area contributed by atoms with Crippen LogP contribution in [0.3, 0.4) is 0 Å². The molecule has 0 bridgehead atoms. The standard InChI is InChI=1S/C14H18N2O2S/c1-8(2)12(13(17)18-4)16-11-7-9(3)5-6-10(11)15-14(16)19/h5-8,12H,1-4H3,(H,15,19). The molecule has 1 aromatic carbocycles. The number of methoxy groups -OCH3 is 1. The Morgan fingerprint density at radius 1 is 1.42 bits per heavy atom. The molecule has 0 aliphatic heterocycles. The third-order valence-corrected chi connectivity index (χ3v) is 3.52. The molecule has 0 saturated carbocycles. The molecule has 0 aliphatic carbocycles. The van der Waals surface area contributed by atoms with Crippen molar-refractivity contribution in [3.8, 4) is 0 Å². The quantitative estimate of drug-likeness (QED) is 0.691. The molecule has 0 aliphatic rings. The van der Waals surface area contributed by atoms with E-state index in [9.17, 15) is 4.79 Å². The number of carbonyl (C=O) groups is 1. The van der Waals surface area contributed by atoms with E-state index in [1.807, 2.05) is 43.5 Å². The van der Waals surface area contributed by atoms with Gasteiger partial charge in [-0.2, -0.15) is 0 Å². The van der Waals surface area contributed by atoms with Crippen molar-refractivity contribution in [1.29, 1.82) is 0 Å². The second kappa shape index (κ2) is 5.17. The van der Waals surface area contributed by atoms with Crippen LogP contribution >= 0.6 is 12.2 Å². The van der Waals surface area contributed by atoms with Crippen LogP contribution in [0, 0.1) is 17.6 Å². The number of aryl methyl sites for hydroxylation is 1. The van der Waals surface area contributed by atoms with E-state index in [-0.39, 0.29) is 11.9 Å². The number of nitrogens with one attached hydrogen (secondary N) is 1.